The minimum absolute atomic E-state index is 0.295. The van der Waals surface area contributed by atoms with E-state index in [1.165, 1.54) is 0 Å². The van der Waals surface area contributed by atoms with Crippen LogP contribution in [-0.2, 0) is 12.8 Å². The molecule has 8 heteroatoms. The molecule has 0 aliphatic heterocycles. The lowest BCUT2D eigenvalue weighted by atomic mass is 10.1. The number of aliphatic hydroxyl groups is 1. The molecule has 16 heavy (non-hydrogen) atoms. The quantitative estimate of drug-likeness (QED) is 0.778. The molecule has 0 aromatic carbocycles. The van der Waals surface area contributed by atoms with Crippen molar-refractivity contribution >= 4 is 0 Å². The molecule has 0 atom stereocenters. The first-order valence-corrected chi connectivity index (χ1v) is 3.99. The van der Waals surface area contributed by atoms with Gasteiger partial charge >= 0.3 is 6.18 Å². The van der Waals surface area contributed by atoms with Gasteiger partial charge in [0.2, 0.25) is 0 Å². The van der Waals surface area contributed by atoms with Crippen LogP contribution in [0.4, 0.5) is 22.0 Å². The van der Waals surface area contributed by atoms with Gasteiger partial charge in [0.05, 0.1) is 17.7 Å². The minimum Gasteiger partial charge on any atom is -0.390 e. The van der Waals surface area contributed by atoms with Gasteiger partial charge in [-0.05, 0) is 6.07 Å². The minimum atomic E-state index is -5.07. The van der Waals surface area contributed by atoms with E-state index in [0.29, 0.717) is 6.07 Å². The van der Waals surface area contributed by atoms with E-state index >= 15 is 0 Å². The van der Waals surface area contributed by atoms with Crippen LogP contribution in [0.2, 0.25) is 0 Å². The summed E-state index contributed by atoms with van der Waals surface area (Å²) in [6.45, 7) is -0.873. The molecule has 0 saturated carbocycles. The fraction of sp³-hybridized carbons (Fsp3) is 0.375. The number of H-pyrrole nitrogens is 1. The van der Waals surface area contributed by atoms with E-state index in [1.807, 2.05) is 0 Å². The number of hydrogen-bond donors (Lipinski definition) is 2. The summed E-state index contributed by atoms with van der Waals surface area (Å²) < 4.78 is 61.6. The van der Waals surface area contributed by atoms with Gasteiger partial charge in [-0.1, -0.05) is 0 Å². The molecule has 0 spiro atoms. The van der Waals surface area contributed by atoms with E-state index < -0.39 is 41.6 Å². The molecule has 0 fully saturated rings. The Morgan fingerprint density at radius 3 is 2.31 bits per heavy atom. The summed E-state index contributed by atoms with van der Waals surface area (Å²) in [7, 11) is 0. The third kappa shape index (κ3) is 2.38. The second-order valence-electron chi connectivity index (χ2n) is 2.91. The monoisotopic (exact) mass is 243 g/mol. The summed E-state index contributed by atoms with van der Waals surface area (Å²) in [5.41, 5.74) is -5.38. The Bertz CT molecular complexity index is 437. The predicted molar refractivity (Wildman–Crippen MR) is 42.9 cm³/mol. The summed E-state index contributed by atoms with van der Waals surface area (Å²) in [6.07, 6.45) is -8.60. The van der Waals surface area contributed by atoms with Crippen LogP contribution >= 0.6 is 0 Å². The Balaban J connectivity index is 3.54. The summed E-state index contributed by atoms with van der Waals surface area (Å²) in [5, 5.41) is 8.56. The number of halogens is 5. The van der Waals surface area contributed by atoms with Gasteiger partial charge in [0, 0.05) is 5.69 Å². The number of pyridine rings is 1. The molecule has 0 radical (unpaired) electrons. The fourth-order valence-corrected chi connectivity index (χ4v) is 1.16. The number of aromatic nitrogens is 1. The van der Waals surface area contributed by atoms with Crippen LogP contribution in [-0.4, -0.2) is 10.1 Å². The fourth-order valence-electron chi connectivity index (χ4n) is 1.16. The van der Waals surface area contributed by atoms with Gasteiger partial charge in [-0.2, -0.15) is 13.2 Å². The molecule has 1 aromatic heterocycles. The van der Waals surface area contributed by atoms with E-state index in [2.05, 4.69) is 0 Å². The van der Waals surface area contributed by atoms with E-state index in [4.69, 9.17) is 5.11 Å². The normalized spacial score (nSPS) is 12.2. The number of rotatable bonds is 2. The standard InChI is InChI=1S/C8H6F5NO2/c9-6(10)5-4(8(11,12)13)1-3(2-15)14-7(5)16/h1,6,15H,2H2,(H,14,16). The van der Waals surface area contributed by atoms with Crippen LogP contribution in [0.25, 0.3) is 0 Å². The van der Waals surface area contributed by atoms with Crippen molar-refractivity contribution in [2.45, 2.75) is 19.2 Å². The second-order valence-corrected chi connectivity index (χ2v) is 2.91. The van der Waals surface area contributed by atoms with Crippen molar-refractivity contribution in [3.63, 3.8) is 0 Å². The smallest absolute Gasteiger partial charge is 0.390 e. The lowest BCUT2D eigenvalue weighted by Crippen LogP contribution is -2.22. The van der Waals surface area contributed by atoms with Crippen molar-refractivity contribution in [3.05, 3.63) is 33.2 Å². The van der Waals surface area contributed by atoms with Gasteiger partial charge in [0.1, 0.15) is 0 Å². The molecule has 0 aliphatic rings. The van der Waals surface area contributed by atoms with Crippen LogP contribution in [0.1, 0.15) is 23.2 Å². The molecule has 2 N–H and O–H groups in total. The topological polar surface area (TPSA) is 53.1 Å². The average molecular weight is 243 g/mol. The van der Waals surface area contributed by atoms with Crippen molar-refractivity contribution in [1.29, 1.82) is 0 Å². The zero-order chi connectivity index (χ0) is 12.5. The van der Waals surface area contributed by atoms with Crippen molar-refractivity contribution in [3.8, 4) is 0 Å². The third-order valence-corrected chi connectivity index (χ3v) is 1.82. The van der Waals surface area contributed by atoms with E-state index in [9.17, 15) is 26.7 Å². The lowest BCUT2D eigenvalue weighted by molar-refractivity contribution is -0.139. The van der Waals surface area contributed by atoms with E-state index in [0.717, 1.165) is 0 Å². The molecular formula is C8H6F5NO2. The van der Waals surface area contributed by atoms with Gasteiger partial charge in [-0.15, -0.1) is 0 Å². The highest BCUT2D eigenvalue weighted by molar-refractivity contribution is 5.30. The van der Waals surface area contributed by atoms with Gasteiger partial charge in [-0.25, -0.2) is 8.78 Å². The molecule has 1 aromatic rings. The number of hydrogen-bond acceptors (Lipinski definition) is 2. The zero-order valence-electron chi connectivity index (χ0n) is 7.61. The number of alkyl halides is 5. The first-order valence-electron chi connectivity index (χ1n) is 3.99. The average Bonchev–Trinajstić information content (AvgIpc) is 2.14. The molecular weight excluding hydrogens is 237 g/mol. The zero-order valence-corrected chi connectivity index (χ0v) is 7.61. The maximum atomic E-state index is 12.3. The Kier molecular flexibility index (Phi) is 3.32. The first kappa shape index (κ1) is 12.6. The molecule has 0 saturated heterocycles. The molecule has 0 unspecified atom stereocenters. The van der Waals surface area contributed by atoms with Gasteiger partial charge < -0.3 is 10.1 Å². The number of nitrogens with one attached hydrogen (secondary N) is 1. The van der Waals surface area contributed by atoms with Crippen LogP contribution in [0, 0.1) is 0 Å². The SMILES string of the molecule is O=c1[nH]c(CO)cc(C(F)(F)F)c1C(F)F. The second kappa shape index (κ2) is 4.20. The first-order chi connectivity index (χ1) is 7.27. The Morgan fingerprint density at radius 2 is 1.94 bits per heavy atom. The van der Waals surface area contributed by atoms with E-state index in [1.54, 1.807) is 4.98 Å². The largest absolute Gasteiger partial charge is 0.417 e. The van der Waals surface area contributed by atoms with Crippen LogP contribution in [0.3, 0.4) is 0 Å². The molecule has 90 valence electrons. The van der Waals surface area contributed by atoms with Gasteiger partial charge in [0.15, 0.2) is 0 Å². The summed E-state index contributed by atoms with van der Waals surface area (Å²) in [6, 6.07) is 0.295. The van der Waals surface area contributed by atoms with Crippen molar-refractivity contribution < 1.29 is 27.1 Å². The summed E-state index contributed by atoms with van der Waals surface area (Å²) in [5.74, 6) is 0. The van der Waals surface area contributed by atoms with Gasteiger partial charge in [0.25, 0.3) is 12.0 Å². The molecule has 0 amide bonds. The van der Waals surface area contributed by atoms with Crippen molar-refractivity contribution in [1.82, 2.24) is 4.98 Å². The number of aromatic amines is 1. The highest BCUT2D eigenvalue weighted by Crippen LogP contribution is 2.34. The Morgan fingerprint density at radius 1 is 1.38 bits per heavy atom. The highest BCUT2D eigenvalue weighted by atomic mass is 19.4. The maximum Gasteiger partial charge on any atom is 0.417 e. The lowest BCUT2D eigenvalue weighted by Gasteiger charge is -2.12. The molecule has 3 nitrogen and oxygen atoms in total. The summed E-state index contributed by atoms with van der Waals surface area (Å²) >= 11 is 0. The maximum absolute atomic E-state index is 12.3. The summed E-state index contributed by atoms with van der Waals surface area (Å²) in [4.78, 5) is 12.7. The number of aliphatic hydroxyl groups excluding tert-OH is 1. The molecule has 0 aliphatic carbocycles. The van der Waals surface area contributed by atoms with Crippen LogP contribution in [0.15, 0.2) is 10.9 Å². The predicted octanol–water partition coefficient (Wildman–Crippen LogP) is 1.82. The molecule has 1 heterocycles. The van der Waals surface area contributed by atoms with Crippen LogP contribution < -0.4 is 5.56 Å². The highest BCUT2D eigenvalue weighted by Gasteiger charge is 2.37. The van der Waals surface area contributed by atoms with Crippen molar-refractivity contribution in [2.75, 3.05) is 0 Å². The third-order valence-electron chi connectivity index (χ3n) is 1.82. The molecule has 0 bridgehead atoms. The molecule has 1 rings (SSSR count). The van der Waals surface area contributed by atoms with Gasteiger partial charge in [-0.3, -0.25) is 4.79 Å². The Labute approximate surface area is 85.5 Å². The van der Waals surface area contributed by atoms with Crippen LogP contribution in [0.5, 0.6) is 0 Å². The van der Waals surface area contributed by atoms with E-state index in [-0.39, 0.29) is 0 Å². The Hall–Kier alpha value is -1.44. The van der Waals surface area contributed by atoms with Crippen molar-refractivity contribution in [2.24, 2.45) is 0 Å².